The van der Waals surface area contributed by atoms with Gasteiger partial charge in [-0.1, -0.05) is 0 Å². The quantitative estimate of drug-likeness (QED) is 0.831. The third-order valence-corrected chi connectivity index (χ3v) is 6.16. The molecule has 5 rings (SSSR count). The van der Waals surface area contributed by atoms with Crippen molar-refractivity contribution in [2.75, 3.05) is 31.1 Å². The predicted octanol–water partition coefficient (Wildman–Crippen LogP) is 1.03. The fourth-order valence-electron chi connectivity index (χ4n) is 4.71. The van der Waals surface area contributed by atoms with Crippen LogP contribution in [0.1, 0.15) is 12.5 Å². The number of anilines is 1. The molecule has 1 aliphatic carbocycles. The second kappa shape index (κ2) is 6.73. The minimum absolute atomic E-state index is 0.0213. The van der Waals surface area contributed by atoms with Gasteiger partial charge in [0, 0.05) is 42.9 Å². The summed E-state index contributed by atoms with van der Waals surface area (Å²) in [6.07, 6.45) is 1.14. The van der Waals surface area contributed by atoms with Gasteiger partial charge in [0.15, 0.2) is 6.10 Å². The SMILES string of the molecule is C[C@@H]1CN(c2ccc(C#N)c3ncccc23)C[C@H](C(=O)N[C@@H]2[C@@H]3CNC[C@@H]32)O1. The Morgan fingerprint density at radius 3 is 2.93 bits per heavy atom. The number of nitrogens with one attached hydrogen (secondary N) is 2. The molecule has 28 heavy (non-hydrogen) atoms. The normalized spacial score (nSPS) is 31.3. The first-order chi connectivity index (χ1) is 13.7. The van der Waals surface area contributed by atoms with Crippen molar-refractivity contribution in [1.82, 2.24) is 15.6 Å². The molecule has 3 fully saturated rings. The Balaban J connectivity index is 1.38. The number of aromatic nitrogens is 1. The van der Waals surface area contributed by atoms with Crippen LogP contribution in [0.15, 0.2) is 30.5 Å². The number of ether oxygens (including phenoxy) is 1. The summed E-state index contributed by atoms with van der Waals surface area (Å²) in [6.45, 7) is 5.17. The Morgan fingerprint density at radius 1 is 1.32 bits per heavy atom. The van der Waals surface area contributed by atoms with Crippen molar-refractivity contribution in [3.63, 3.8) is 0 Å². The van der Waals surface area contributed by atoms with E-state index >= 15 is 0 Å². The summed E-state index contributed by atoms with van der Waals surface area (Å²) in [5.74, 6) is 1.14. The lowest BCUT2D eigenvalue weighted by molar-refractivity contribution is -0.137. The average Bonchev–Trinajstić information content (AvgIpc) is 3.12. The molecule has 7 heteroatoms. The fraction of sp³-hybridized carbons (Fsp3) is 0.476. The Bertz CT molecular complexity index is 961. The zero-order chi connectivity index (χ0) is 19.3. The van der Waals surface area contributed by atoms with Gasteiger partial charge in [-0.25, -0.2) is 0 Å². The number of pyridine rings is 1. The van der Waals surface area contributed by atoms with Crippen molar-refractivity contribution in [2.45, 2.75) is 25.2 Å². The summed E-state index contributed by atoms with van der Waals surface area (Å²) in [7, 11) is 0. The number of morpholine rings is 1. The van der Waals surface area contributed by atoms with Crippen LogP contribution in [0, 0.1) is 23.2 Å². The third kappa shape index (κ3) is 2.89. The van der Waals surface area contributed by atoms with Gasteiger partial charge in [-0.2, -0.15) is 5.26 Å². The fourth-order valence-corrected chi connectivity index (χ4v) is 4.71. The van der Waals surface area contributed by atoms with Gasteiger partial charge in [-0.3, -0.25) is 9.78 Å². The highest BCUT2D eigenvalue weighted by molar-refractivity contribution is 5.95. The molecule has 1 aromatic heterocycles. The van der Waals surface area contributed by atoms with E-state index in [0.717, 1.165) is 24.2 Å². The first kappa shape index (κ1) is 17.4. The molecule has 1 amide bonds. The van der Waals surface area contributed by atoms with Crippen LogP contribution >= 0.6 is 0 Å². The zero-order valence-corrected chi connectivity index (χ0v) is 15.8. The number of carbonyl (C=O) groups excluding carboxylic acids is 1. The molecule has 7 nitrogen and oxygen atoms in total. The van der Waals surface area contributed by atoms with Crippen LogP contribution in [0.3, 0.4) is 0 Å². The number of carbonyl (C=O) groups is 1. The molecule has 0 bridgehead atoms. The minimum Gasteiger partial charge on any atom is -0.365 e. The van der Waals surface area contributed by atoms with Gasteiger partial charge in [0.25, 0.3) is 5.91 Å². The monoisotopic (exact) mass is 377 g/mol. The number of nitriles is 1. The van der Waals surface area contributed by atoms with E-state index in [1.165, 1.54) is 0 Å². The molecule has 1 saturated carbocycles. The highest BCUT2D eigenvalue weighted by atomic mass is 16.5. The van der Waals surface area contributed by atoms with Gasteiger partial charge >= 0.3 is 0 Å². The van der Waals surface area contributed by atoms with Crippen LogP contribution in [-0.2, 0) is 9.53 Å². The number of benzene rings is 1. The summed E-state index contributed by atoms with van der Waals surface area (Å²) in [5, 5.41) is 16.8. The van der Waals surface area contributed by atoms with Gasteiger partial charge in [0.05, 0.1) is 23.7 Å². The van der Waals surface area contributed by atoms with E-state index in [0.29, 0.717) is 42.0 Å². The van der Waals surface area contributed by atoms with E-state index in [-0.39, 0.29) is 12.0 Å². The Morgan fingerprint density at radius 2 is 2.14 bits per heavy atom. The van der Waals surface area contributed by atoms with Crippen LogP contribution in [0.2, 0.25) is 0 Å². The molecule has 2 aliphatic heterocycles. The van der Waals surface area contributed by atoms with Crippen molar-refractivity contribution in [1.29, 1.82) is 5.26 Å². The zero-order valence-electron chi connectivity index (χ0n) is 15.8. The molecule has 2 saturated heterocycles. The lowest BCUT2D eigenvalue weighted by Crippen LogP contribution is -2.53. The second-order valence-electron chi connectivity index (χ2n) is 8.00. The number of hydrogen-bond donors (Lipinski definition) is 2. The van der Waals surface area contributed by atoms with Gasteiger partial charge in [0.1, 0.15) is 6.07 Å². The second-order valence-corrected chi connectivity index (χ2v) is 8.00. The number of piperidine rings is 1. The number of nitrogens with zero attached hydrogens (tertiary/aromatic N) is 3. The molecule has 0 spiro atoms. The largest absolute Gasteiger partial charge is 0.365 e. The molecule has 3 aliphatic rings. The highest BCUT2D eigenvalue weighted by Crippen LogP contribution is 2.41. The number of fused-ring (bicyclic) bond motifs is 2. The van der Waals surface area contributed by atoms with Crippen LogP contribution < -0.4 is 15.5 Å². The Kier molecular flexibility index (Phi) is 4.18. The number of rotatable bonds is 3. The predicted molar refractivity (Wildman–Crippen MR) is 105 cm³/mol. The molecule has 0 unspecified atom stereocenters. The first-order valence-corrected chi connectivity index (χ1v) is 9.85. The standard InChI is InChI=1S/C21H23N5O2/c1-12-10-26(17-5-4-13(7-22)19-14(17)3-2-6-24-19)11-18(28-12)21(27)25-20-15-8-23-9-16(15)20/h2-6,12,15-16,18,20,23H,8-11H2,1H3,(H,25,27)/t12-,15-,16+,18-,20-/m1/s1. The van der Waals surface area contributed by atoms with Gasteiger partial charge in [-0.15, -0.1) is 0 Å². The summed E-state index contributed by atoms with van der Waals surface area (Å²) in [5.41, 5.74) is 2.24. The van der Waals surface area contributed by atoms with E-state index in [2.05, 4.69) is 26.6 Å². The number of amides is 1. The lowest BCUT2D eigenvalue weighted by atomic mass is 10.1. The van der Waals surface area contributed by atoms with E-state index < -0.39 is 6.10 Å². The summed E-state index contributed by atoms with van der Waals surface area (Å²) < 4.78 is 5.97. The van der Waals surface area contributed by atoms with Gasteiger partial charge < -0.3 is 20.3 Å². The minimum atomic E-state index is -0.500. The van der Waals surface area contributed by atoms with Crippen LogP contribution in [0.5, 0.6) is 0 Å². The van der Waals surface area contributed by atoms with Crippen LogP contribution in [0.25, 0.3) is 10.9 Å². The van der Waals surface area contributed by atoms with Crippen molar-refractivity contribution >= 4 is 22.5 Å². The maximum Gasteiger partial charge on any atom is 0.251 e. The maximum absolute atomic E-state index is 12.8. The van der Waals surface area contributed by atoms with E-state index in [4.69, 9.17) is 4.74 Å². The third-order valence-electron chi connectivity index (χ3n) is 6.16. The molecular formula is C21H23N5O2. The molecule has 0 radical (unpaired) electrons. The molecule has 2 aromatic rings. The van der Waals surface area contributed by atoms with Crippen molar-refractivity contribution in [2.24, 2.45) is 11.8 Å². The molecule has 5 atom stereocenters. The smallest absolute Gasteiger partial charge is 0.251 e. The molecule has 3 heterocycles. The van der Waals surface area contributed by atoms with E-state index in [1.54, 1.807) is 12.3 Å². The van der Waals surface area contributed by atoms with Gasteiger partial charge in [-0.05, 0) is 43.0 Å². The summed E-state index contributed by atoms with van der Waals surface area (Å²) >= 11 is 0. The highest BCUT2D eigenvalue weighted by Gasteiger charge is 2.54. The van der Waals surface area contributed by atoms with Crippen molar-refractivity contribution in [3.05, 3.63) is 36.0 Å². The summed E-state index contributed by atoms with van der Waals surface area (Å²) in [6, 6.07) is 10.1. The first-order valence-electron chi connectivity index (χ1n) is 9.85. The molecule has 2 N–H and O–H groups in total. The topological polar surface area (TPSA) is 90.3 Å². The Labute approximate surface area is 163 Å². The van der Waals surface area contributed by atoms with Crippen LogP contribution in [-0.4, -0.2) is 55.3 Å². The van der Waals surface area contributed by atoms with E-state index in [9.17, 15) is 10.1 Å². The van der Waals surface area contributed by atoms with Crippen LogP contribution in [0.4, 0.5) is 5.69 Å². The number of hydrogen-bond acceptors (Lipinski definition) is 6. The average molecular weight is 377 g/mol. The van der Waals surface area contributed by atoms with E-state index in [1.807, 2.05) is 25.1 Å². The van der Waals surface area contributed by atoms with Gasteiger partial charge in [0.2, 0.25) is 0 Å². The molecule has 144 valence electrons. The maximum atomic E-state index is 12.8. The molecule has 1 aromatic carbocycles. The lowest BCUT2D eigenvalue weighted by Gasteiger charge is -2.38. The van der Waals surface area contributed by atoms with Crippen molar-refractivity contribution < 1.29 is 9.53 Å². The van der Waals surface area contributed by atoms with Crippen molar-refractivity contribution in [3.8, 4) is 6.07 Å². The summed E-state index contributed by atoms with van der Waals surface area (Å²) in [4.78, 5) is 19.4. The Hall–Kier alpha value is -2.69. The molecular weight excluding hydrogens is 354 g/mol.